The molecule has 3 N–H and O–H groups in total. The zero-order valence-corrected chi connectivity index (χ0v) is 11.9. The monoisotopic (exact) mass is 292 g/mol. The maximum atomic E-state index is 12.1. The van der Waals surface area contributed by atoms with Crippen LogP contribution in [-0.4, -0.2) is 22.8 Å². The molecule has 1 aromatic heterocycles. The van der Waals surface area contributed by atoms with Crippen LogP contribution in [0.5, 0.6) is 5.88 Å². The van der Waals surface area contributed by atoms with Gasteiger partial charge in [-0.1, -0.05) is 20.8 Å². The van der Waals surface area contributed by atoms with Crippen LogP contribution in [-0.2, 0) is 5.41 Å². The fraction of sp³-hybridized carbons (Fsp3) is 0.667. The van der Waals surface area contributed by atoms with Crippen molar-refractivity contribution in [1.29, 1.82) is 0 Å². The number of hydrazine groups is 1. The molecule has 20 heavy (non-hydrogen) atoms. The zero-order valence-electron chi connectivity index (χ0n) is 11.9. The molecule has 0 atom stereocenters. The van der Waals surface area contributed by atoms with Crippen LogP contribution in [0.4, 0.5) is 19.0 Å². The Labute approximate surface area is 115 Å². The Morgan fingerprint density at radius 1 is 1.20 bits per heavy atom. The predicted molar refractivity (Wildman–Crippen MR) is 69.4 cm³/mol. The minimum atomic E-state index is -4.26. The molecule has 0 aliphatic heterocycles. The maximum Gasteiger partial charge on any atom is 0.392 e. The van der Waals surface area contributed by atoms with Crippen molar-refractivity contribution in [3.05, 3.63) is 11.4 Å². The van der Waals surface area contributed by atoms with Gasteiger partial charge in [0.15, 0.2) is 5.82 Å². The van der Waals surface area contributed by atoms with Crippen molar-refractivity contribution >= 4 is 5.82 Å². The van der Waals surface area contributed by atoms with Crippen LogP contribution in [0.3, 0.4) is 0 Å². The molecule has 1 aromatic rings. The van der Waals surface area contributed by atoms with Gasteiger partial charge in [-0.25, -0.2) is 10.8 Å². The minimum Gasteiger partial charge on any atom is -0.477 e. The van der Waals surface area contributed by atoms with Gasteiger partial charge >= 0.3 is 6.18 Å². The number of alkyl halides is 3. The SMILES string of the molecule is Cc1c(NN)nc(C(C)(C)C)nc1OCCC(F)(F)F. The highest BCUT2D eigenvalue weighted by Crippen LogP contribution is 2.28. The molecule has 8 heteroatoms. The molecule has 114 valence electrons. The number of halogens is 3. The van der Waals surface area contributed by atoms with Crippen LogP contribution in [0.1, 0.15) is 38.6 Å². The summed E-state index contributed by atoms with van der Waals surface area (Å²) in [4.78, 5) is 8.41. The molecule has 0 unspecified atom stereocenters. The molecule has 0 aliphatic carbocycles. The van der Waals surface area contributed by atoms with Gasteiger partial charge in [-0.05, 0) is 6.92 Å². The molecule has 5 nitrogen and oxygen atoms in total. The number of ether oxygens (including phenoxy) is 1. The molecule has 0 spiro atoms. The lowest BCUT2D eigenvalue weighted by atomic mass is 9.95. The Balaban J connectivity index is 3.00. The fourth-order valence-electron chi connectivity index (χ4n) is 1.38. The van der Waals surface area contributed by atoms with Crippen molar-refractivity contribution in [3.8, 4) is 5.88 Å². The van der Waals surface area contributed by atoms with Crippen LogP contribution in [0.25, 0.3) is 0 Å². The summed E-state index contributed by atoms with van der Waals surface area (Å²) in [5, 5.41) is 0. The Morgan fingerprint density at radius 3 is 2.25 bits per heavy atom. The van der Waals surface area contributed by atoms with E-state index < -0.39 is 19.2 Å². The summed E-state index contributed by atoms with van der Waals surface area (Å²) in [5.74, 6) is 6.25. The highest BCUT2D eigenvalue weighted by Gasteiger charge is 2.27. The molecule has 0 radical (unpaired) electrons. The average molecular weight is 292 g/mol. The summed E-state index contributed by atoms with van der Waals surface area (Å²) in [6.07, 6.45) is -5.30. The second-order valence-electron chi connectivity index (χ2n) is 5.43. The number of rotatable bonds is 4. The molecule has 0 aliphatic rings. The number of hydrogen-bond acceptors (Lipinski definition) is 5. The Morgan fingerprint density at radius 2 is 1.80 bits per heavy atom. The summed E-state index contributed by atoms with van der Waals surface area (Å²) >= 11 is 0. The molecule has 0 bridgehead atoms. The van der Waals surface area contributed by atoms with Gasteiger partial charge in [0, 0.05) is 5.41 Å². The first-order valence-corrected chi connectivity index (χ1v) is 6.10. The normalized spacial score (nSPS) is 12.4. The molecule has 1 rings (SSSR count). The van der Waals surface area contributed by atoms with Gasteiger partial charge in [-0.15, -0.1) is 0 Å². The number of nitrogens with zero attached hydrogens (tertiary/aromatic N) is 2. The topological polar surface area (TPSA) is 73.1 Å². The third kappa shape index (κ3) is 4.52. The first kappa shape index (κ1) is 16.5. The quantitative estimate of drug-likeness (QED) is 0.659. The summed E-state index contributed by atoms with van der Waals surface area (Å²) in [6, 6.07) is 0. The van der Waals surface area contributed by atoms with Crippen molar-refractivity contribution < 1.29 is 17.9 Å². The fourth-order valence-corrected chi connectivity index (χ4v) is 1.38. The Kier molecular flexibility index (Phi) is 4.80. The third-order valence-electron chi connectivity index (χ3n) is 2.53. The summed E-state index contributed by atoms with van der Waals surface area (Å²) < 4.78 is 41.5. The molecular formula is C12H19F3N4O. The molecule has 1 heterocycles. The molecule has 0 aromatic carbocycles. The number of nitrogens with one attached hydrogen (secondary N) is 1. The largest absolute Gasteiger partial charge is 0.477 e. The van der Waals surface area contributed by atoms with Gasteiger partial charge in [-0.3, -0.25) is 0 Å². The van der Waals surface area contributed by atoms with Crippen LogP contribution in [0.2, 0.25) is 0 Å². The predicted octanol–water partition coefficient (Wildman–Crippen LogP) is 2.70. The van der Waals surface area contributed by atoms with E-state index in [1.807, 2.05) is 20.8 Å². The Hall–Kier alpha value is -1.57. The van der Waals surface area contributed by atoms with Crippen molar-refractivity contribution in [3.63, 3.8) is 0 Å². The average Bonchev–Trinajstić information content (AvgIpc) is 2.28. The van der Waals surface area contributed by atoms with E-state index in [1.54, 1.807) is 6.92 Å². The molecule has 0 fully saturated rings. The number of anilines is 1. The maximum absolute atomic E-state index is 12.1. The zero-order chi connectivity index (χ0) is 15.6. The van der Waals surface area contributed by atoms with Crippen molar-refractivity contribution in [2.45, 2.75) is 45.7 Å². The number of nitrogen functional groups attached to an aromatic ring is 1. The van der Waals surface area contributed by atoms with E-state index in [0.29, 0.717) is 17.2 Å². The van der Waals surface area contributed by atoms with Crippen molar-refractivity contribution in [2.24, 2.45) is 5.84 Å². The third-order valence-corrected chi connectivity index (χ3v) is 2.53. The molecule has 0 saturated carbocycles. The highest BCUT2D eigenvalue weighted by molar-refractivity contribution is 5.48. The van der Waals surface area contributed by atoms with Crippen LogP contribution in [0.15, 0.2) is 0 Å². The van der Waals surface area contributed by atoms with Gasteiger partial charge in [0.05, 0.1) is 18.6 Å². The minimum absolute atomic E-state index is 0.113. The summed E-state index contributed by atoms with van der Waals surface area (Å²) in [6.45, 7) is 6.80. The Bertz CT molecular complexity index is 469. The van der Waals surface area contributed by atoms with E-state index in [9.17, 15) is 13.2 Å². The lowest BCUT2D eigenvalue weighted by Crippen LogP contribution is -2.21. The number of hydrogen-bond donors (Lipinski definition) is 2. The van der Waals surface area contributed by atoms with Gasteiger partial charge in [-0.2, -0.15) is 18.2 Å². The standard InChI is InChI=1S/C12H19F3N4O/c1-7-8(19-16)17-10(11(2,3)4)18-9(7)20-6-5-12(13,14)15/h5-6,16H2,1-4H3,(H,17,18,19). The smallest absolute Gasteiger partial charge is 0.392 e. The first-order chi connectivity index (χ1) is 9.04. The van der Waals surface area contributed by atoms with Gasteiger partial charge < -0.3 is 10.2 Å². The van der Waals surface area contributed by atoms with Gasteiger partial charge in [0.1, 0.15) is 5.82 Å². The number of aromatic nitrogens is 2. The van der Waals surface area contributed by atoms with E-state index >= 15 is 0 Å². The number of nitrogens with two attached hydrogens (primary N) is 1. The summed E-state index contributed by atoms with van der Waals surface area (Å²) in [7, 11) is 0. The lowest BCUT2D eigenvalue weighted by Gasteiger charge is -2.20. The van der Waals surface area contributed by atoms with Crippen LogP contribution >= 0.6 is 0 Å². The van der Waals surface area contributed by atoms with Crippen LogP contribution < -0.4 is 16.0 Å². The van der Waals surface area contributed by atoms with E-state index in [0.717, 1.165) is 0 Å². The van der Waals surface area contributed by atoms with E-state index in [4.69, 9.17) is 10.6 Å². The van der Waals surface area contributed by atoms with Crippen LogP contribution in [0, 0.1) is 6.92 Å². The lowest BCUT2D eigenvalue weighted by molar-refractivity contribution is -0.139. The molecule has 0 saturated heterocycles. The first-order valence-electron chi connectivity index (χ1n) is 6.10. The van der Waals surface area contributed by atoms with Crippen molar-refractivity contribution in [1.82, 2.24) is 9.97 Å². The van der Waals surface area contributed by atoms with Crippen molar-refractivity contribution in [2.75, 3.05) is 12.0 Å². The molecular weight excluding hydrogens is 273 g/mol. The van der Waals surface area contributed by atoms with Gasteiger partial charge in [0.2, 0.25) is 5.88 Å². The van der Waals surface area contributed by atoms with E-state index in [2.05, 4.69) is 15.4 Å². The highest BCUT2D eigenvalue weighted by atomic mass is 19.4. The van der Waals surface area contributed by atoms with Gasteiger partial charge in [0.25, 0.3) is 0 Å². The second kappa shape index (κ2) is 5.82. The van der Waals surface area contributed by atoms with E-state index in [1.165, 1.54) is 0 Å². The van der Waals surface area contributed by atoms with E-state index in [-0.39, 0.29) is 11.3 Å². The second-order valence-corrected chi connectivity index (χ2v) is 5.43. The summed E-state index contributed by atoms with van der Waals surface area (Å²) in [5.41, 5.74) is 2.50. The molecule has 0 amide bonds.